The Morgan fingerprint density at radius 2 is 2.11 bits per heavy atom. The predicted octanol–water partition coefficient (Wildman–Crippen LogP) is 4.55. The minimum absolute atomic E-state index is 0.803. The van der Waals surface area contributed by atoms with Crippen LogP contribution in [0.4, 0.5) is 0 Å². The van der Waals surface area contributed by atoms with Gasteiger partial charge in [-0.2, -0.15) is 5.10 Å². The number of hydrogen-bond donors (Lipinski definition) is 0. The average Bonchev–Trinajstić information content (AvgIpc) is 2.91. The van der Waals surface area contributed by atoms with Gasteiger partial charge in [-0.25, -0.2) is 4.68 Å². The molecule has 0 aliphatic heterocycles. The van der Waals surface area contributed by atoms with Crippen molar-refractivity contribution in [3.05, 3.63) is 47.8 Å². The molecule has 1 aromatic heterocycles. The molecular formula is C17H24N2. The van der Waals surface area contributed by atoms with Crippen LogP contribution in [0.3, 0.4) is 0 Å². The largest absolute Gasteiger partial charge is 0.241 e. The van der Waals surface area contributed by atoms with Gasteiger partial charge in [0.25, 0.3) is 0 Å². The van der Waals surface area contributed by atoms with Gasteiger partial charge in [0.2, 0.25) is 0 Å². The van der Waals surface area contributed by atoms with E-state index in [4.69, 9.17) is 0 Å². The third-order valence-corrected chi connectivity index (χ3v) is 3.68. The van der Waals surface area contributed by atoms with Crippen molar-refractivity contribution in [2.24, 2.45) is 5.92 Å². The first-order chi connectivity index (χ1) is 9.20. The van der Waals surface area contributed by atoms with E-state index in [0.717, 1.165) is 12.3 Å². The molecule has 1 unspecified atom stereocenters. The molecular weight excluding hydrogens is 232 g/mol. The second-order valence-electron chi connectivity index (χ2n) is 5.52. The van der Waals surface area contributed by atoms with Crippen molar-refractivity contribution >= 4 is 0 Å². The number of aromatic nitrogens is 2. The fourth-order valence-electron chi connectivity index (χ4n) is 2.55. The van der Waals surface area contributed by atoms with E-state index in [1.807, 2.05) is 23.1 Å². The molecule has 0 saturated carbocycles. The van der Waals surface area contributed by atoms with Crippen molar-refractivity contribution in [1.82, 2.24) is 9.78 Å². The summed E-state index contributed by atoms with van der Waals surface area (Å²) in [6.07, 6.45) is 8.85. The van der Waals surface area contributed by atoms with E-state index in [2.05, 4.69) is 44.1 Å². The Morgan fingerprint density at radius 1 is 1.26 bits per heavy atom. The van der Waals surface area contributed by atoms with Crippen LogP contribution in [0, 0.1) is 12.8 Å². The Hall–Kier alpha value is -1.57. The van der Waals surface area contributed by atoms with Gasteiger partial charge in [0.15, 0.2) is 0 Å². The Morgan fingerprint density at radius 3 is 2.79 bits per heavy atom. The van der Waals surface area contributed by atoms with E-state index < -0.39 is 0 Å². The van der Waals surface area contributed by atoms with Crippen LogP contribution in [0.15, 0.2) is 36.7 Å². The van der Waals surface area contributed by atoms with Crippen LogP contribution >= 0.6 is 0 Å². The van der Waals surface area contributed by atoms with Gasteiger partial charge in [-0.3, -0.25) is 0 Å². The summed E-state index contributed by atoms with van der Waals surface area (Å²) in [4.78, 5) is 0. The molecule has 2 aromatic rings. The van der Waals surface area contributed by atoms with Gasteiger partial charge in [0, 0.05) is 12.4 Å². The monoisotopic (exact) mass is 256 g/mol. The van der Waals surface area contributed by atoms with Crippen LogP contribution < -0.4 is 0 Å². The SMILES string of the molecule is CCCC(C)CCc1ccc(C)cc1-n1cccn1. The first kappa shape index (κ1) is 13.9. The molecule has 2 nitrogen and oxygen atoms in total. The van der Waals surface area contributed by atoms with Crippen LogP contribution in [0.5, 0.6) is 0 Å². The summed E-state index contributed by atoms with van der Waals surface area (Å²) in [5.74, 6) is 0.803. The van der Waals surface area contributed by atoms with Gasteiger partial charge >= 0.3 is 0 Å². The zero-order valence-electron chi connectivity index (χ0n) is 12.3. The molecule has 1 aromatic carbocycles. The van der Waals surface area contributed by atoms with Gasteiger partial charge in [-0.1, -0.05) is 38.8 Å². The molecule has 0 bridgehead atoms. The van der Waals surface area contributed by atoms with Gasteiger partial charge in [0.1, 0.15) is 0 Å². The normalized spacial score (nSPS) is 12.6. The van der Waals surface area contributed by atoms with Crippen LogP contribution in [0.25, 0.3) is 5.69 Å². The lowest BCUT2D eigenvalue weighted by Crippen LogP contribution is -2.03. The van der Waals surface area contributed by atoms with Crippen LogP contribution in [-0.2, 0) is 6.42 Å². The summed E-state index contributed by atoms with van der Waals surface area (Å²) < 4.78 is 1.98. The first-order valence-electron chi connectivity index (χ1n) is 7.30. The molecule has 0 N–H and O–H groups in total. The highest BCUT2D eigenvalue weighted by molar-refractivity contribution is 5.43. The van der Waals surface area contributed by atoms with Crippen LogP contribution in [-0.4, -0.2) is 9.78 Å². The highest BCUT2D eigenvalue weighted by atomic mass is 15.3. The molecule has 0 spiro atoms. The molecule has 1 heterocycles. The van der Waals surface area contributed by atoms with Crippen LogP contribution in [0.1, 0.15) is 44.2 Å². The van der Waals surface area contributed by atoms with Crippen molar-refractivity contribution in [2.45, 2.75) is 46.5 Å². The molecule has 102 valence electrons. The van der Waals surface area contributed by atoms with Crippen LogP contribution in [0.2, 0.25) is 0 Å². The van der Waals surface area contributed by atoms with Crippen molar-refractivity contribution in [3.8, 4) is 5.69 Å². The fraction of sp³-hybridized carbons (Fsp3) is 0.471. The quantitative estimate of drug-likeness (QED) is 0.741. The molecule has 0 saturated heterocycles. The Labute approximate surface area is 116 Å². The first-order valence-corrected chi connectivity index (χ1v) is 7.30. The number of nitrogens with zero attached hydrogens (tertiary/aromatic N) is 2. The fourth-order valence-corrected chi connectivity index (χ4v) is 2.55. The van der Waals surface area contributed by atoms with Crippen molar-refractivity contribution < 1.29 is 0 Å². The van der Waals surface area contributed by atoms with E-state index in [0.29, 0.717) is 0 Å². The Bertz CT molecular complexity index is 500. The molecule has 0 radical (unpaired) electrons. The Balaban J connectivity index is 2.16. The van der Waals surface area contributed by atoms with Crippen molar-refractivity contribution in [1.29, 1.82) is 0 Å². The number of benzene rings is 1. The zero-order chi connectivity index (χ0) is 13.7. The third-order valence-electron chi connectivity index (χ3n) is 3.68. The predicted molar refractivity (Wildman–Crippen MR) is 80.7 cm³/mol. The molecule has 19 heavy (non-hydrogen) atoms. The Kier molecular flexibility index (Phi) is 4.78. The molecule has 2 rings (SSSR count). The topological polar surface area (TPSA) is 17.8 Å². The number of rotatable bonds is 6. The molecule has 1 atom stereocenters. The highest BCUT2D eigenvalue weighted by Crippen LogP contribution is 2.20. The van der Waals surface area contributed by atoms with E-state index >= 15 is 0 Å². The molecule has 0 amide bonds. The van der Waals surface area contributed by atoms with Gasteiger partial charge in [-0.05, 0) is 48.9 Å². The summed E-state index contributed by atoms with van der Waals surface area (Å²) in [5, 5.41) is 4.37. The van der Waals surface area contributed by atoms with Crippen molar-refractivity contribution in [2.75, 3.05) is 0 Å². The molecule has 0 fully saturated rings. The maximum atomic E-state index is 4.37. The maximum absolute atomic E-state index is 4.37. The maximum Gasteiger partial charge on any atom is 0.0680 e. The summed E-state index contributed by atoms with van der Waals surface area (Å²) in [6.45, 7) is 6.75. The molecule has 0 aliphatic rings. The average molecular weight is 256 g/mol. The van der Waals surface area contributed by atoms with E-state index in [9.17, 15) is 0 Å². The lowest BCUT2D eigenvalue weighted by Gasteiger charge is -2.14. The summed E-state index contributed by atoms with van der Waals surface area (Å²) >= 11 is 0. The zero-order valence-corrected chi connectivity index (χ0v) is 12.3. The minimum Gasteiger partial charge on any atom is -0.241 e. The molecule has 2 heteroatoms. The third kappa shape index (κ3) is 3.69. The highest BCUT2D eigenvalue weighted by Gasteiger charge is 2.08. The lowest BCUT2D eigenvalue weighted by atomic mass is 9.96. The van der Waals surface area contributed by atoms with Crippen molar-refractivity contribution in [3.63, 3.8) is 0 Å². The van der Waals surface area contributed by atoms with E-state index in [1.165, 1.54) is 36.1 Å². The second kappa shape index (κ2) is 6.55. The lowest BCUT2D eigenvalue weighted by molar-refractivity contribution is 0.486. The van der Waals surface area contributed by atoms with E-state index in [1.54, 1.807) is 0 Å². The summed E-state index contributed by atoms with van der Waals surface area (Å²) in [5.41, 5.74) is 3.92. The van der Waals surface area contributed by atoms with Gasteiger partial charge < -0.3 is 0 Å². The van der Waals surface area contributed by atoms with Gasteiger partial charge in [-0.15, -0.1) is 0 Å². The number of aryl methyl sites for hydroxylation is 2. The summed E-state index contributed by atoms with van der Waals surface area (Å²) in [6, 6.07) is 8.66. The minimum atomic E-state index is 0.803. The van der Waals surface area contributed by atoms with E-state index in [-0.39, 0.29) is 0 Å². The number of hydrogen-bond acceptors (Lipinski definition) is 1. The molecule has 0 aliphatic carbocycles. The second-order valence-corrected chi connectivity index (χ2v) is 5.52. The standard InChI is InChI=1S/C17H24N2/c1-4-6-14(2)7-9-16-10-8-15(3)13-17(16)19-12-5-11-18-19/h5,8,10-14H,4,6-7,9H2,1-3H3. The smallest absolute Gasteiger partial charge is 0.0680 e. The van der Waals surface area contributed by atoms with Gasteiger partial charge in [0.05, 0.1) is 5.69 Å². The summed E-state index contributed by atoms with van der Waals surface area (Å²) in [7, 11) is 0.